The SMILES string of the molecule is COc1nc2c3c(nc(-c4cc(O)cc(Cl)c4C4CC4)c(F)c3n1)OCCN2C(C)c1cccnc1N.FC1CC2CCCN2C1. The van der Waals surface area contributed by atoms with Crippen LogP contribution >= 0.6 is 11.6 Å². The van der Waals surface area contributed by atoms with Gasteiger partial charge in [0.25, 0.3) is 0 Å². The van der Waals surface area contributed by atoms with Crippen molar-refractivity contribution in [3.05, 3.63) is 52.4 Å². The number of fused-ring (bicyclic) bond motifs is 1. The predicted octanol–water partition coefficient (Wildman–Crippen LogP) is 6.21. The number of benzene rings is 1. The van der Waals surface area contributed by atoms with Crippen LogP contribution in [-0.4, -0.2) is 75.5 Å². The second-order valence-corrected chi connectivity index (χ2v) is 12.7. The standard InChI is InChI=1S/C26H24ClFN6O3.C7H12FN/c1-12(15-4-3-7-30-23(15)29)34-8-9-37-25-19-22(32-26(36-2)33-24(19)34)20(28)21(31-25)16-10-14(35)11-17(27)18(16)13-5-6-13;8-6-4-7-2-1-3-9(7)5-6/h3-4,7,10-13,35H,5-6,8-9H2,1-2H3,(H2,29,30);6-7H,1-5H2. The number of nitrogens with zero attached hydrogens (tertiary/aromatic N) is 6. The molecule has 46 heavy (non-hydrogen) atoms. The van der Waals surface area contributed by atoms with Gasteiger partial charge < -0.3 is 25.2 Å². The van der Waals surface area contributed by atoms with Gasteiger partial charge in [-0.1, -0.05) is 17.7 Å². The molecule has 13 heteroatoms. The maximum absolute atomic E-state index is 16.3. The van der Waals surface area contributed by atoms with E-state index in [9.17, 15) is 9.50 Å². The van der Waals surface area contributed by atoms with Crippen LogP contribution in [0.4, 0.5) is 20.4 Å². The monoisotopic (exact) mass is 651 g/mol. The molecule has 6 heterocycles. The fourth-order valence-electron chi connectivity index (χ4n) is 6.97. The van der Waals surface area contributed by atoms with Crippen LogP contribution < -0.4 is 20.1 Å². The van der Waals surface area contributed by atoms with Gasteiger partial charge in [0.1, 0.15) is 46.8 Å². The minimum absolute atomic E-state index is 0.000818. The van der Waals surface area contributed by atoms with Crippen molar-refractivity contribution in [1.29, 1.82) is 0 Å². The lowest BCUT2D eigenvalue weighted by Crippen LogP contribution is -2.31. The summed E-state index contributed by atoms with van der Waals surface area (Å²) >= 11 is 6.49. The fraction of sp³-hybridized carbons (Fsp3) is 0.455. The molecule has 242 valence electrons. The number of hydrogen-bond donors (Lipinski definition) is 2. The van der Waals surface area contributed by atoms with Crippen molar-refractivity contribution in [2.24, 2.45) is 0 Å². The molecule has 1 aliphatic carbocycles. The highest BCUT2D eigenvalue weighted by atomic mass is 35.5. The van der Waals surface area contributed by atoms with Crippen LogP contribution in [-0.2, 0) is 0 Å². The number of alkyl halides is 1. The highest BCUT2D eigenvalue weighted by Crippen LogP contribution is 2.50. The molecule has 3 atom stereocenters. The van der Waals surface area contributed by atoms with Crippen LogP contribution in [0.3, 0.4) is 0 Å². The highest BCUT2D eigenvalue weighted by molar-refractivity contribution is 6.32. The molecule has 1 saturated carbocycles. The number of halogens is 3. The van der Waals surface area contributed by atoms with Crippen LogP contribution in [0.2, 0.25) is 5.02 Å². The summed E-state index contributed by atoms with van der Waals surface area (Å²) in [7, 11) is 1.43. The minimum Gasteiger partial charge on any atom is -0.508 e. The van der Waals surface area contributed by atoms with Crippen molar-refractivity contribution in [3.8, 4) is 28.9 Å². The molecular formula is C33H36ClF2N7O3. The van der Waals surface area contributed by atoms with Crippen molar-refractivity contribution in [3.63, 3.8) is 0 Å². The Balaban J connectivity index is 0.000000321. The molecule has 0 bridgehead atoms. The Labute approximate surface area is 270 Å². The van der Waals surface area contributed by atoms with Gasteiger partial charge in [-0.15, -0.1) is 0 Å². The summed E-state index contributed by atoms with van der Waals surface area (Å²) < 4.78 is 40.3. The zero-order valence-corrected chi connectivity index (χ0v) is 26.5. The maximum Gasteiger partial charge on any atom is 0.318 e. The molecule has 1 aromatic carbocycles. The van der Waals surface area contributed by atoms with Gasteiger partial charge in [0.15, 0.2) is 5.82 Å². The number of pyridine rings is 2. The molecule has 0 amide bonds. The number of phenolic OH excluding ortho intramolecular Hbond substituents is 1. The second kappa shape index (κ2) is 12.3. The van der Waals surface area contributed by atoms with Gasteiger partial charge in [-0.25, -0.2) is 18.7 Å². The van der Waals surface area contributed by atoms with Crippen molar-refractivity contribution >= 4 is 34.1 Å². The number of aromatic hydroxyl groups is 1. The minimum atomic E-state index is -0.678. The van der Waals surface area contributed by atoms with Gasteiger partial charge in [0.05, 0.1) is 19.7 Å². The molecule has 3 aliphatic heterocycles. The quantitative estimate of drug-likeness (QED) is 0.258. The first-order valence-electron chi connectivity index (χ1n) is 15.7. The van der Waals surface area contributed by atoms with E-state index in [-0.39, 0.29) is 47.4 Å². The first-order valence-corrected chi connectivity index (χ1v) is 16.1. The molecular weight excluding hydrogens is 616 g/mol. The van der Waals surface area contributed by atoms with E-state index in [1.165, 1.54) is 32.1 Å². The molecule has 3 fully saturated rings. The van der Waals surface area contributed by atoms with E-state index in [1.54, 1.807) is 6.20 Å². The van der Waals surface area contributed by atoms with Crippen molar-refractivity contribution in [2.75, 3.05) is 44.0 Å². The summed E-state index contributed by atoms with van der Waals surface area (Å²) in [5.74, 6) is 0.428. The third-order valence-corrected chi connectivity index (χ3v) is 9.65. The van der Waals surface area contributed by atoms with Gasteiger partial charge in [-0.2, -0.15) is 9.97 Å². The third kappa shape index (κ3) is 5.62. The molecule has 10 nitrogen and oxygen atoms in total. The normalized spacial score (nSPS) is 21.3. The summed E-state index contributed by atoms with van der Waals surface area (Å²) in [6, 6.07) is 7.00. The number of nitrogen functional groups attached to an aromatic ring is 1. The van der Waals surface area contributed by atoms with Crippen molar-refractivity contribution in [2.45, 2.75) is 63.2 Å². The van der Waals surface area contributed by atoms with E-state index in [1.807, 2.05) is 24.0 Å². The lowest BCUT2D eigenvalue weighted by molar-refractivity contribution is 0.292. The average Bonchev–Trinajstić information content (AvgIpc) is 3.72. The molecule has 0 spiro atoms. The number of hydrogen-bond acceptors (Lipinski definition) is 10. The smallest absolute Gasteiger partial charge is 0.318 e. The third-order valence-electron chi connectivity index (χ3n) is 9.34. The lowest BCUT2D eigenvalue weighted by atomic mass is 9.98. The van der Waals surface area contributed by atoms with Crippen LogP contribution in [0.25, 0.3) is 22.2 Å². The van der Waals surface area contributed by atoms with Crippen molar-refractivity contribution in [1.82, 2.24) is 24.8 Å². The first-order chi connectivity index (χ1) is 22.2. The molecule has 3 aromatic heterocycles. The van der Waals surface area contributed by atoms with E-state index < -0.39 is 12.0 Å². The van der Waals surface area contributed by atoms with Gasteiger partial charge in [0.2, 0.25) is 5.88 Å². The second-order valence-electron chi connectivity index (χ2n) is 12.3. The first kappa shape index (κ1) is 30.6. The van der Waals surface area contributed by atoms with E-state index in [2.05, 4.69) is 24.8 Å². The number of rotatable bonds is 5. The summed E-state index contributed by atoms with van der Waals surface area (Å²) in [5.41, 5.74) is 8.14. The molecule has 4 aromatic rings. The number of anilines is 2. The molecule has 4 aliphatic rings. The maximum atomic E-state index is 16.3. The van der Waals surface area contributed by atoms with Gasteiger partial charge in [0, 0.05) is 34.9 Å². The summed E-state index contributed by atoms with van der Waals surface area (Å²) in [5, 5.41) is 11.0. The fourth-order valence-corrected chi connectivity index (χ4v) is 7.34. The highest BCUT2D eigenvalue weighted by Gasteiger charge is 2.36. The Hall–Kier alpha value is -4.03. The van der Waals surface area contributed by atoms with Crippen LogP contribution in [0.15, 0.2) is 30.5 Å². The Morgan fingerprint density at radius 2 is 2.00 bits per heavy atom. The van der Waals surface area contributed by atoms with Crippen LogP contribution in [0.5, 0.6) is 17.6 Å². The molecule has 0 radical (unpaired) electrons. The Kier molecular flexibility index (Phi) is 8.18. The lowest BCUT2D eigenvalue weighted by Gasteiger charge is -2.30. The van der Waals surface area contributed by atoms with E-state index in [0.29, 0.717) is 46.7 Å². The number of ether oxygens (including phenoxy) is 2. The van der Waals surface area contributed by atoms with Gasteiger partial charge in [-0.05, 0) is 75.3 Å². The predicted molar refractivity (Wildman–Crippen MR) is 172 cm³/mol. The molecule has 3 unspecified atom stereocenters. The molecule has 2 saturated heterocycles. The zero-order chi connectivity index (χ0) is 32.1. The summed E-state index contributed by atoms with van der Waals surface area (Å²) in [6.45, 7) is 4.50. The van der Waals surface area contributed by atoms with Gasteiger partial charge in [-0.3, -0.25) is 4.90 Å². The molecule has 8 rings (SSSR count). The van der Waals surface area contributed by atoms with E-state index in [0.717, 1.165) is 36.9 Å². The van der Waals surface area contributed by atoms with E-state index >= 15 is 4.39 Å². The summed E-state index contributed by atoms with van der Waals surface area (Å²) in [4.78, 5) is 22.0. The largest absolute Gasteiger partial charge is 0.508 e. The van der Waals surface area contributed by atoms with Crippen molar-refractivity contribution < 1.29 is 23.4 Å². The number of methoxy groups -OCH3 is 1. The molecule has 3 N–H and O–H groups in total. The Morgan fingerprint density at radius 3 is 2.74 bits per heavy atom. The topological polar surface area (TPSA) is 123 Å². The zero-order valence-electron chi connectivity index (χ0n) is 25.7. The van der Waals surface area contributed by atoms with Crippen LogP contribution in [0.1, 0.15) is 62.1 Å². The summed E-state index contributed by atoms with van der Waals surface area (Å²) in [6.07, 6.45) is 6.30. The Morgan fingerprint density at radius 1 is 1.17 bits per heavy atom. The van der Waals surface area contributed by atoms with Gasteiger partial charge >= 0.3 is 6.01 Å². The number of aromatic nitrogens is 4. The van der Waals surface area contributed by atoms with Crippen LogP contribution in [0, 0.1) is 5.82 Å². The average molecular weight is 652 g/mol. The Bertz CT molecular complexity index is 1780. The van der Waals surface area contributed by atoms with E-state index in [4.69, 9.17) is 26.8 Å². The number of nitrogens with two attached hydrogens (primary N) is 1. The number of phenols is 1.